The summed E-state index contributed by atoms with van der Waals surface area (Å²) in [6.07, 6.45) is 2.09. The topological polar surface area (TPSA) is 35.3 Å². The van der Waals surface area contributed by atoms with Gasteiger partial charge in [-0.2, -0.15) is 0 Å². The third kappa shape index (κ3) is 4.43. The van der Waals surface area contributed by atoms with Crippen molar-refractivity contribution >= 4 is 22.7 Å². The Balaban J connectivity index is 1.33. The van der Waals surface area contributed by atoms with Gasteiger partial charge in [-0.15, -0.1) is 0 Å². The third-order valence-electron chi connectivity index (χ3n) is 8.53. The second kappa shape index (κ2) is 9.88. The molecular weight excluding hydrogens is 502 g/mol. The molecule has 3 atom stereocenters. The number of halogens is 1. The summed E-state index contributed by atoms with van der Waals surface area (Å²) in [6, 6.07) is 19.1. The van der Waals surface area contributed by atoms with Gasteiger partial charge in [0, 0.05) is 11.5 Å². The van der Waals surface area contributed by atoms with Crippen LogP contribution in [0.2, 0.25) is 5.02 Å². The summed E-state index contributed by atoms with van der Waals surface area (Å²) in [4.78, 5) is 0. The molecule has 2 aliphatic carbocycles. The lowest BCUT2D eigenvalue weighted by molar-refractivity contribution is 0.297. The maximum atomic E-state index is 6.63. The van der Waals surface area contributed by atoms with Gasteiger partial charge in [-0.25, -0.2) is 0 Å². The first-order chi connectivity index (χ1) is 18.8. The van der Waals surface area contributed by atoms with Gasteiger partial charge in [0.1, 0.15) is 23.8 Å². The lowest BCUT2D eigenvalue weighted by atomic mass is 9.91. The number of rotatable bonds is 7. The third-order valence-corrected chi connectivity index (χ3v) is 8.84. The molecule has 0 amide bonds. The predicted molar refractivity (Wildman–Crippen MR) is 161 cm³/mol. The Hall–Kier alpha value is -3.56. The minimum Gasteiger partial charge on any atom is -0.489 e. The van der Waals surface area contributed by atoms with Gasteiger partial charge in [0.05, 0.1) is 10.6 Å². The number of aromatic nitrogens is 1. The number of allylic oxidation sites excluding steroid dienone is 1. The quantitative estimate of drug-likeness (QED) is 0.236. The van der Waals surface area contributed by atoms with Crippen molar-refractivity contribution in [3.63, 3.8) is 0 Å². The van der Waals surface area contributed by atoms with Gasteiger partial charge in [-0.1, -0.05) is 85.7 Å². The molecule has 0 radical (unpaired) electrons. The van der Waals surface area contributed by atoms with Crippen LogP contribution in [0, 0.1) is 6.92 Å². The molecule has 1 saturated carbocycles. The van der Waals surface area contributed by atoms with Crippen molar-refractivity contribution in [2.24, 2.45) is 0 Å². The Labute approximate surface area is 236 Å². The summed E-state index contributed by atoms with van der Waals surface area (Å²) in [5.41, 5.74) is 12.3. The molecule has 3 nitrogen and oxygen atoms in total. The molecule has 4 aromatic rings. The van der Waals surface area contributed by atoms with Crippen molar-refractivity contribution in [3.05, 3.63) is 117 Å². The molecule has 0 bridgehead atoms. The molecule has 3 unspecified atom stereocenters. The molecule has 1 aromatic heterocycles. The zero-order valence-corrected chi connectivity index (χ0v) is 23.9. The standard InChI is InChI=1S/C35H34ClNO2/c1-7-20(4)35-31(34(37-39-35)33-21(5)9-8-10-32(33)36)18-38-24-12-14-26-22(6)25-13-11-23(19(2)3)15-27(25)29-17-30(29)28(26)16-24/h8-16,20,29-30H,2,6-7,17-18H2,1,3-5H3. The van der Waals surface area contributed by atoms with E-state index in [4.69, 9.17) is 20.9 Å². The van der Waals surface area contributed by atoms with Crippen LogP contribution in [0.25, 0.3) is 22.4 Å². The van der Waals surface area contributed by atoms with Gasteiger partial charge < -0.3 is 9.26 Å². The first-order valence-electron chi connectivity index (χ1n) is 13.8. The highest BCUT2D eigenvalue weighted by molar-refractivity contribution is 6.33. The maximum absolute atomic E-state index is 6.63. The Bertz CT molecular complexity index is 1610. The number of benzene rings is 3. The van der Waals surface area contributed by atoms with E-state index in [1.165, 1.54) is 27.8 Å². The highest BCUT2D eigenvalue weighted by Gasteiger charge is 2.44. The molecule has 2 aliphatic rings. The van der Waals surface area contributed by atoms with Crippen LogP contribution in [0.5, 0.6) is 5.75 Å². The second-order valence-corrected chi connectivity index (χ2v) is 11.6. The van der Waals surface area contributed by atoms with E-state index >= 15 is 0 Å². The molecule has 4 heteroatoms. The van der Waals surface area contributed by atoms with Gasteiger partial charge in [0.25, 0.3) is 0 Å². The van der Waals surface area contributed by atoms with Crippen LogP contribution in [0.3, 0.4) is 0 Å². The average molecular weight is 536 g/mol. The summed E-state index contributed by atoms with van der Waals surface area (Å²) in [7, 11) is 0. The Kier molecular flexibility index (Phi) is 6.51. The van der Waals surface area contributed by atoms with E-state index in [9.17, 15) is 0 Å². The summed E-state index contributed by atoms with van der Waals surface area (Å²) >= 11 is 6.63. The van der Waals surface area contributed by atoms with Crippen molar-refractivity contribution in [1.82, 2.24) is 5.16 Å². The normalized spacial score (nSPS) is 18.0. The molecule has 1 heterocycles. The molecule has 39 heavy (non-hydrogen) atoms. The fraction of sp³-hybridized carbons (Fsp3) is 0.286. The lowest BCUT2D eigenvalue weighted by Gasteiger charge is -2.15. The van der Waals surface area contributed by atoms with Gasteiger partial charge >= 0.3 is 0 Å². The summed E-state index contributed by atoms with van der Waals surface area (Å²) in [6.45, 7) is 17.4. The zero-order valence-electron chi connectivity index (χ0n) is 23.1. The van der Waals surface area contributed by atoms with Crippen molar-refractivity contribution in [1.29, 1.82) is 0 Å². The molecule has 0 aliphatic heterocycles. The molecule has 0 spiro atoms. The number of hydrogen-bond donors (Lipinski definition) is 0. The van der Waals surface area contributed by atoms with Gasteiger partial charge in [-0.05, 0) is 95.7 Å². The van der Waals surface area contributed by atoms with E-state index in [-0.39, 0.29) is 5.92 Å². The number of hydrogen-bond acceptors (Lipinski definition) is 3. The van der Waals surface area contributed by atoms with E-state index in [1.807, 2.05) is 25.1 Å². The lowest BCUT2D eigenvalue weighted by Crippen LogP contribution is -2.03. The van der Waals surface area contributed by atoms with E-state index < -0.39 is 0 Å². The van der Waals surface area contributed by atoms with Crippen molar-refractivity contribution in [2.75, 3.05) is 0 Å². The van der Waals surface area contributed by atoms with Gasteiger partial charge in [0.15, 0.2) is 0 Å². The number of nitrogens with zero attached hydrogens (tertiary/aromatic N) is 1. The largest absolute Gasteiger partial charge is 0.489 e. The second-order valence-electron chi connectivity index (χ2n) is 11.2. The van der Waals surface area contributed by atoms with Crippen LogP contribution < -0.4 is 4.74 Å². The van der Waals surface area contributed by atoms with Gasteiger partial charge in [0.2, 0.25) is 0 Å². The maximum Gasteiger partial charge on any atom is 0.146 e. The molecule has 3 aromatic carbocycles. The smallest absolute Gasteiger partial charge is 0.146 e. The zero-order chi connectivity index (χ0) is 27.4. The molecule has 198 valence electrons. The minimum absolute atomic E-state index is 0.220. The van der Waals surface area contributed by atoms with Crippen molar-refractivity contribution in [2.45, 2.75) is 64.9 Å². The van der Waals surface area contributed by atoms with E-state index in [0.717, 1.165) is 57.9 Å². The van der Waals surface area contributed by atoms with Crippen LogP contribution in [0.1, 0.15) is 96.1 Å². The summed E-state index contributed by atoms with van der Waals surface area (Å²) in [5.74, 6) is 2.92. The molecule has 0 saturated heterocycles. The number of ether oxygens (including phenoxy) is 1. The minimum atomic E-state index is 0.220. The Morgan fingerprint density at radius 3 is 2.51 bits per heavy atom. The summed E-state index contributed by atoms with van der Waals surface area (Å²) < 4.78 is 12.4. The molecule has 0 N–H and O–H groups in total. The fourth-order valence-electron chi connectivity index (χ4n) is 5.97. The first-order valence-corrected chi connectivity index (χ1v) is 14.2. The fourth-order valence-corrected chi connectivity index (χ4v) is 6.28. The van der Waals surface area contributed by atoms with Crippen molar-refractivity contribution in [3.8, 4) is 17.0 Å². The average Bonchev–Trinajstić information content (AvgIpc) is 3.64. The van der Waals surface area contributed by atoms with Gasteiger partial charge in [-0.3, -0.25) is 0 Å². The van der Waals surface area contributed by atoms with E-state index in [0.29, 0.717) is 23.5 Å². The van der Waals surface area contributed by atoms with Crippen molar-refractivity contribution < 1.29 is 9.26 Å². The van der Waals surface area contributed by atoms with Crippen LogP contribution in [-0.4, -0.2) is 5.16 Å². The highest BCUT2D eigenvalue weighted by atomic mass is 35.5. The monoisotopic (exact) mass is 535 g/mol. The molecule has 1 fully saturated rings. The Morgan fingerprint density at radius 2 is 1.82 bits per heavy atom. The number of fused-ring (bicyclic) bond motifs is 5. The first kappa shape index (κ1) is 25.7. The van der Waals surface area contributed by atoms with Crippen LogP contribution in [0.4, 0.5) is 0 Å². The van der Waals surface area contributed by atoms with E-state index in [2.05, 4.69) is 75.5 Å². The van der Waals surface area contributed by atoms with Crippen LogP contribution in [-0.2, 0) is 6.61 Å². The highest BCUT2D eigenvalue weighted by Crippen LogP contribution is 2.60. The summed E-state index contributed by atoms with van der Waals surface area (Å²) in [5, 5.41) is 5.15. The molecule has 6 rings (SSSR count). The predicted octanol–water partition coefficient (Wildman–Crippen LogP) is 10.1. The molecular formula is C35H34ClNO2. The Morgan fingerprint density at radius 1 is 1.10 bits per heavy atom. The SMILES string of the molecule is C=C(C)c1ccc2c(c1)C1CC1c1cc(OCc3c(-c4c(C)cccc4Cl)noc3C(C)CC)ccc1C2=C. The number of aryl methyl sites for hydroxylation is 1. The van der Waals surface area contributed by atoms with Crippen LogP contribution >= 0.6 is 11.6 Å². The van der Waals surface area contributed by atoms with E-state index in [1.54, 1.807) is 0 Å². The van der Waals surface area contributed by atoms with Crippen LogP contribution in [0.15, 0.2) is 72.3 Å².